The summed E-state index contributed by atoms with van der Waals surface area (Å²) in [6.07, 6.45) is 0.925. The lowest BCUT2D eigenvalue weighted by atomic mass is 9.83. The summed E-state index contributed by atoms with van der Waals surface area (Å²) < 4.78 is -1.50. The average molecular weight is 374 g/mol. The van der Waals surface area contributed by atoms with E-state index >= 15 is 0 Å². The molecule has 2 N–H and O–H groups in total. The number of allylic oxidation sites excluding steroid dienone is 1. The van der Waals surface area contributed by atoms with Crippen molar-refractivity contribution < 1.29 is 19.6 Å². The number of rotatable bonds is 8. The largest absolute Gasteiger partial charge is 0.341 e. The van der Waals surface area contributed by atoms with E-state index in [2.05, 4.69) is 24.5 Å². The standard InChI is InChI=1S/C17H31N3O4S/c1-8-9-19(16(23)18-7)14(21)13(10-11(2)3)17(6,25)15(22)20(24)12(4)5/h11,13,24-25H,4,8-10H2,1-3,5-7H3,(H,18,23)/t13-,17+/m1/s1. The Bertz CT molecular complexity index is 520. The highest BCUT2D eigenvalue weighted by molar-refractivity contribution is 7.82. The molecule has 0 aromatic rings. The second kappa shape index (κ2) is 9.82. The fraction of sp³-hybridized carbons (Fsp3) is 0.706. The number of nitrogens with one attached hydrogen (secondary N) is 1. The predicted octanol–water partition coefficient (Wildman–Crippen LogP) is 2.67. The topological polar surface area (TPSA) is 90.0 Å². The fourth-order valence-electron chi connectivity index (χ4n) is 2.44. The highest BCUT2D eigenvalue weighted by atomic mass is 32.1. The van der Waals surface area contributed by atoms with E-state index in [1.165, 1.54) is 20.9 Å². The number of hydrogen-bond acceptors (Lipinski definition) is 5. The molecule has 0 rings (SSSR count). The van der Waals surface area contributed by atoms with Crippen LogP contribution in [0.5, 0.6) is 0 Å². The van der Waals surface area contributed by atoms with Gasteiger partial charge in [0.1, 0.15) is 4.75 Å². The molecule has 0 fully saturated rings. The van der Waals surface area contributed by atoms with E-state index in [0.717, 1.165) is 4.90 Å². The first kappa shape index (κ1) is 23.5. The predicted molar refractivity (Wildman–Crippen MR) is 100 cm³/mol. The van der Waals surface area contributed by atoms with Crippen molar-refractivity contribution in [1.82, 2.24) is 15.3 Å². The van der Waals surface area contributed by atoms with Crippen molar-refractivity contribution in [2.24, 2.45) is 11.8 Å². The van der Waals surface area contributed by atoms with Crippen LogP contribution < -0.4 is 5.32 Å². The number of urea groups is 1. The van der Waals surface area contributed by atoms with Gasteiger partial charge in [0.2, 0.25) is 5.91 Å². The molecule has 8 heteroatoms. The summed E-state index contributed by atoms with van der Waals surface area (Å²) in [4.78, 5) is 38.9. The second-order valence-corrected chi connectivity index (χ2v) is 7.66. The van der Waals surface area contributed by atoms with E-state index < -0.39 is 28.5 Å². The fourth-order valence-corrected chi connectivity index (χ4v) is 2.75. The third kappa shape index (κ3) is 6.04. The molecule has 0 heterocycles. The van der Waals surface area contributed by atoms with E-state index in [4.69, 9.17) is 0 Å². The molecule has 0 aliphatic heterocycles. The van der Waals surface area contributed by atoms with Crippen LogP contribution in [0, 0.1) is 11.8 Å². The van der Waals surface area contributed by atoms with Gasteiger partial charge in [-0.1, -0.05) is 27.4 Å². The molecule has 0 aromatic carbocycles. The molecule has 2 atom stereocenters. The van der Waals surface area contributed by atoms with E-state index in [0.29, 0.717) is 17.9 Å². The van der Waals surface area contributed by atoms with Crippen molar-refractivity contribution in [3.8, 4) is 0 Å². The van der Waals surface area contributed by atoms with Crippen LogP contribution in [-0.4, -0.2) is 51.4 Å². The number of carbonyl (C=O) groups is 3. The maximum absolute atomic E-state index is 13.1. The van der Waals surface area contributed by atoms with Crippen molar-refractivity contribution in [3.63, 3.8) is 0 Å². The summed E-state index contributed by atoms with van der Waals surface area (Å²) in [5.41, 5.74) is 0.123. The number of amides is 4. The molecule has 144 valence electrons. The van der Waals surface area contributed by atoms with Gasteiger partial charge in [0.05, 0.1) is 5.92 Å². The van der Waals surface area contributed by atoms with Gasteiger partial charge in [-0.3, -0.25) is 19.7 Å². The second-order valence-electron chi connectivity index (χ2n) is 6.73. The molecular weight excluding hydrogens is 342 g/mol. The van der Waals surface area contributed by atoms with Gasteiger partial charge in [0, 0.05) is 19.3 Å². The summed E-state index contributed by atoms with van der Waals surface area (Å²) in [5, 5.41) is 12.8. The van der Waals surface area contributed by atoms with Crippen LogP contribution in [-0.2, 0) is 9.59 Å². The zero-order chi connectivity index (χ0) is 19.9. The van der Waals surface area contributed by atoms with Crippen LogP contribution in [0.25, 0.3) is 0 Å². The monoisotopic (exact) mass is 373 g/mol. The SMILES string of the molecule is C=C(C)N(O)C(=O)[C@@](C)(S)[C@H](CC(C)C)C(=O)N(CCC)C(=O)NC. The molecule has 0 aromatic heterocycles. The van der Waals surface area contributed by atoms with Crippen LogP contribution in [0.1, 0.15) is 47.5 Å². The number of thiol groups is 1. The summed E-state index contributed by atoms with van der Waals surface area (Å²) in [5.74, 6) is -2.05. The van der Waals surface area contributed by atoms with E-state index in [1.54, 1.807) is 0 Å². The molecule has 0 spiro atoms. The van der Waals surface area contributed by atoms with Crippen molar-refractivity contribution in [2.75, 3.05) is 13.6 Å². The van der Waals surface area contributed by atoms with E-state index in [-0.39, 0.29) is 18.2 Å². The molecule has 0 radical (unpaired) electrons. The van der Waals surface area contributed by atoms with Gasteiger partial charge in [-0.15, -0.1) is 0 Å². The summed E-state index contributed by atoms with van der Waals surface area (Å²) in [7, 11) is 1.44. The maximum Gasteiger partial charge on any atom is 0.323 e. The van der Waals surface area contributed by atoms with Gasteiger partial charge in [-0.2, -0.15) is 17.7 Å². The maximum atomic E-state index is 13.1. The normalized spacial score (nSPS) is 14.4. The van der Waals surface area contributed by atoms with Crippen LogP contribution in [0.15, 0.2) is 12.3 Å². The number of hydroxylamine groups is 2. The number of carbonyl (C=O) groups excluding carboxylic acids is 3. The Labute approximate surface area is 155 Å². The van der Waals surface area contributed by atoms with Gasteiger partial charge >= 0.3 is 6.03 Å². The van der Waals surface area contributed by atoms with Crippen molar-refractivity contribution in [3.05, 3.63) is 12.3 Å². The van der Waals surface area contributed by atoms with E-state index in [1.807, 2.05) is 20.8 Å². The lowest BCUT2D eigenvalue weighted by Crippen LogP contribution is -2.55. The van der Waals surface area contributed by atoms with Gasteiger partial charge in [-0.25, -0.2) is 4.79 Å². The molecule has 0 bridgehead atoms. The van der Waals surface area contributed by atoms with Crippen LogP contribution in [0.4, 0.5) is 4.79 Å². The Kier molecular flexibility index (Phi) is 9.21. The van der Waals surface area contributed by atoms with Gasteiger partial charge in [-0.05, 0) is 32.6 Å². The molecule has 0 saturated heterocycles. The van der Waals surface area contributed by atoms with Crippen molar-refractivity contribution in [1.29, 1.82) is 0 Å². The third-order valence-electron chi connectivity index (χ3n) is 3.84. The molecule has 0 saturated carbocycles. The highest BCUT2D eigenvalue weighted by Crippen LogP contribution is 2.34. The van der Waals surface area contributed by atoms with Gasteiger partial charge in [0.25, 0.3) is 5.91 Å². The minimum Gasteiger partial charge on any atom is -0.341 e. The van der Waals surface area contributed by atoms with E-state index in [9.17, 15) is 19.6 Å². The van der Waals surface area contributed by atoms with Gasteiger partial charge < -0.3 is 5.32 Å². The minimum atomic E-state index is -1.50. The summed E-state index contributed by atoms with van der Waals surface area (Å²) >= 11 is 4.41. The smallest absolute Gasteiger partial charge is 0.323 e. The lowest BCUT2D eigenvalue weighted by Gasteiger charge is -2.36. The molecule has 0 unspecified atom stereocenters. The van der Waals surface area contributed by atoms with Crippen molar-refractivity contribution >= 4 is 30.5 Å². The Morgan fingerprint density at radius 1 is 1.32 bits per heavy atom. The van der Waals surface area contributed by atoms with Gasteiger partial charge in [0.15, 0.2) is 0 Å². The van der Waals surface area contributed by atoms with Crippen LogP contribution in [0.2, 0.25) is 0 Å². The quantitative estimate of drug-likeness (QED) is 0.347. The van der Waals surface area contributed by atoms with Crippen LogP contribution >= 0.6 is 12.6 Å². The molecular formula is C17H31N3O4S. The number of imide groups is 1. The Morgan fingerprint density at radius 3 is 2.20 bits per heavy atom. The summed E-state index contributed by atoms with van der Waals surface area (Å²) in [6, 6.07) is -0.530. The molecule has 0 aliphatic rings. The first-order chi connectivity index (χ1) is 11.4. The third-order valence-corrected chi connectivity index (χ3v) is 4.35. The average Bonchev–Trinajstić information content (AvgIpc) is 2.54. The molecule has 4 amide bonds. The van der Waals surface area contributed by atoms with Crippen molar-refractivity contribution in [2.45, 2.75) is 52.2 Å². The van der Waals surface area contributed by atoms with Crippen LogP contribution in [0.3, 0.4) is 0 Å². The highest BCUT2D eigenvalue weighted by Gasteiger charge is 2.47. The minimum absolute atomic E-state index is 0.0818. The lowest BCUT2D eigenvalue weighted by molar-refractivity contribution is -0.162. The Hall–Kier alpha value is -1.54. The number of nitrogens with zero attached hydrogens (tertiary/aromatic N) is 2. The zero-order valence-corrected chi connectivity index (χ0v) is 16.9. The molecule has 0 aliphatic carbocycles. The number of hydrogen-bond donors (Lipinski definition) is 3. The molecule has 7 nitrogen and oxygen atoms in total. The Morgan fingerprint density at radius 2 is 1.84 bits per heavy atom. The summed E-state index contributed by atoms with van der Waals surface area (Å²) in [6.45, 7) is 12.4. The zero-order valence-electron chi connectivity index (χ0n) is 16.0. The molecule has 25 heavy (non-hydrogen) atoms. The Balaban J connectivity index is 5.88. The first-order valence-corrected chi connectivity index (χ1v) is 8.80. The first-order valence-electron chi connectivity index (χ1n) is 8.36.